The summed E-state index contributed by atoms with van der Waals surface area (Å²) >= 11 is 0. The number of anilines is 1. The lowest BCUT2D eigenvalue weighted by Crippen LogP contribution is -2.16. The van der Waals surface area contributed by atoms with Gasteiger partial charge >= 0.3 is 0 Å². The first kappa shape index (κ1) is 22.6. The van der Waals surface area contributed by atoms with E-state index in [2.05, 4.69) is 20.8 Å². The number of halogens is 1. The SMILES string of the molecule is COCCOc1cc([N+](=O)[O-])c(C(=O)Nc2cc(-n3nnnc3C)ccc2F)cc1OC. The van der Waals surface area contributed by atoms with Crippen molar-refractivity contribution >= 4 is 17.3 Å². The van der Waals surface area contributed by atoms with E-state index in [1.54, 1.807) is 6.92 Å². The Balaban J connectivity index is 1.95. The zero-order chi connectivity index (χ0) is 23.3. The zero-order valence-electron chi connectivity index (χ0n) is 17.4. The van der Waals surface area contributed by atoms with Crippen molar-refractivity contribution in [3.8, 4) is 17.2 Å². The second kappa shape index (κ2) is 9.78. The number of amides is 1. The van der Waals surface area contributed by atoms with E-state index >= 15 is 0 Å². The number of carbonyl (C=O) groups is 1. The third-order valence-electron chi connectivity index (χ3n) is 4.34. The number of nitro groups is 1. The van der Waals surface area contributed by atoms with Crippen LogP contribution >= 0.6 is 0 Å². The molecule has 0 atom stereocenters. The van der Waals surface area contributed by atoms with Gasteiger partial charge in [-0.2, -0.15) is 4.68 Å². The molecule has 168 valence electrons. The summed E-state index contributed by atoms with van der Waals surface area (Å²) in [7, 11) is 2.80. The number of carbonyl (C=O) groups excluding carboxylic acids is 1. The molecular weight excluding hydrogens is 427 g/mol. The van der Waals surface area contributed by atoms with Gasteiger partial charge in [-0.05, 0) is 35.5 Å². The van der Waals surface area contributed by atoms with Crippen molar-refractivity contribution in [1.29, 1.82) is 0 Å². The molecule has 1 aromatic heterocycles. The first-order valence-electron chi connectivity index (χ1n) is 9.20. The molecule has 2 aromatic carbocycles. The smallest absolute Gasteiger partial charge is 0.286 e. The van der Waals surface area contributed by atoms with E-state index < -0.39 is 22.3 Å². The van der Waals surface area contributed by atoms with Crippen LogP contribution < -0.4 is 14.8 Å². The Morgan fingerprint density at radius 1 is 1.22 bits per heavy atom. The summed E-state index contributed by atoms with van der Waals surface area (Å²) in [6.07, 6.45) is 0. The van der Waals surface area contributed by atoms with Crippen molar-refractivity contribution in [2.45, 2.75) is 6.92 Å². The molecule has 1 N–H and O–H groups in total. The van der Waals surface area contributed by atoms with Crippen LogP contribution in [0.3, 0.4) is 0 Å². The van der Waals surface area contributed by atoms with Crippen LogP contribution in [-0.4, -0.2) is 58.5 Å². The van der Waals surface area contributed by atoms with Crippen molar-refractivity contribution < 1.29 is 28.3 Å². The van der Waals surface area contributed by atoms with Crippen LogP contribution in [0.15, 0.2) is 30.3 Å². The number of rotatable bonds is 9. The standard InChI is InChI=1S/C19H19FN6O6/c1-11-22-23-24-25(11)12-4-5-14(20)15(8-12)21-19(27)13-9-17(31-3)18(32-7-6-30-2)10-16(13)26(28)29/h4-5,8-10H,6-7H2,1-3H3,(H,21,27). The predicted molar refractivity (Wildman–Crippen MR) is 109 cm³/mol. The lowest BCUT2D eigenvalue weighted by Gasteiger charge is -2.13. The minimum atomic E-state index is -0.914. The Labute approximate surface area is 181 Å². The van der Waals surface area contributed by atoms with Crippen LogP contribution in [0.4, 0.5) is 15.8 Å². The van der Waals surface area contributed by atoms with Crippen molar-refractivity contribution in [3.63, 3.8) is 0 Å². The molecule has 0 bridgehead atoms. The molecule has 0 radical (unpaired) electrons. The Morgan fingerprint density at radius 2 is 2.00 bits per heavy atom. The van der Waals surface area contributed by atoms with Gasteiger partial charge in [0.1, 0.15) is 18.0 Å². The second-order valence-corrected chi connectivity index (χ2v) is 6.37. The van der Waals surface area contributed by atoms with Crippen molar-refractivity contribution in [2.75, 3.05) is 32.8 Å². The number of nitro benzene ring substituents is 1. The molecule has 0 saturated heterocycles. The molecule has 3 rings (SSSR count). The van der Waals surface area contributed by atoms with E-state index in [4.69, 9.17) is 14.2 Å². The summed E-state index contributed by atoms with van der Waals surface area (Å²) in [5.74, 6) is -1.06. The van der Waals surface area contributed by atoms with Gasteiger partial charge in [-0.25, -0.2) is 4.39 Å². The summed E-state index contributed by atoms with van der Waals surface area (Å²) in [4.78, 5) is 23.7. The Hall–Kier alpha value is -4.13. The fourth-order valence-electron chi connectivity index (χ4n) is 2.79. The Kier molecular flexibility index (Phi) is 6.90. The topological polar surface area (TPSA) is 144 Å². The van der Waals surface area contributed by atoms with Gasteiger partial charge in [-0.1, -0.05) is 0 Å². The summed E-state index contributed by atoms with van der Waals surface area (Å²) in [5, 5.41) is 25.0. The fraction of sp³-hybridized carbons (Fsp3) is 0.263. The van der Waals surface area contributed by atoms with E-state index in [0.717, 1.165) is 18.2 Å². The molecule has 13 heteroatoms. The van der Waals surface area contributed by atoms with Crippen LogP contribution in [-0.2, 0) is 4.74 Å². The highest BCUT2D eigenvalue weighted by atomic mass is 19.1. The van der Waals surface area contributed by atoms with E-state index in [0.29, 0.717) is 11.5 Å². The quantitative estimate of drug-likeness (QED) is 0.297. The number of hydrogen-bond acceptors (Lipinski definition) is 9. The third-order valence-corrected chi connectivity index (χ3v) is 4.34. The minimum Gasteiger partial charge on any atom is -0.493 e. The Bertz CT molecular complexity index is 1150. The van der Waals surface area contributed by atoms with Crippen LogP contribution in [0.25, 0.3) is 5.69 Å². The van der Waals surface area contributed by atoms with Gasteiger partial charge in [0, 0.05) is 13.2 Å². The van der Waals surface area contributed by atoms with E-state index in [1.807, 2.05) is 0 Å². The maximum absolute atomic E-state index is 14.4. The highest BCUT2D eigenvalue weighted by molar-refractivity contribution is 6.07. The number of benzene rings is 2. The zero-order valence-corrected chi connectivity index (χ0v) is 17.4. The minimum absolute atomic E-state index is 0.0649. The summed E-state index contributed by atoms with van der Waals surface area (Å²) in [6, 6.07) is 6.07. The molecule has 0 saturated carbocycles. The van der Waals surface area contributed by atoms with Crippen LogP contribution in [0, 0.1) is 22.9 Å². The molecule has 0 aliphatic heterocycles. The highest BCUT2D eigenvalue weighted by Crippen LogP contribution is 2.35. The van der Waals surface area contributed by atoms with Gasteiger partial charge < -0.3 is 19.5 Å². The predicted octanol–water partition coefficient (Wildman–Crippen LogP) is 2.30. The average molecular weight is 446 g/mol. The molecule has 3 aromatic rings. The maximum atomic E-state index is 14.4. The second-order valence-electron chi connectivity index (χ2n) is 6.37. The van der Waals surface area contributed by atoms with Gasteiger partial charge in [-0.3, -0.25) is 14.9 Å². The number of hydrogen-bond donors (Lipinski definition) is 1. The number of aryl methyl sites for hydroxylation is 1. The lowest BCUT2D eigenvalue weighted by molar-refractivity contribution is -0.385. The molecule has 0 fully saturated rings. The van der Waals surface area contributed by atoms with Crippen LogP contribution in [0.1, 0.15) is 16.2 Å². The number of methoxy groups -OCH3 is 2. The van der Waals surface area contributed by atoms with Gasteiger partial charge in [0.15, 0.2) is 17.3 Å². The molecule has 32 heavy (non-hydrogen) atoms. The lowest BCUT2D eigenvalue weighted by atomic mass is 10.1. The first-order valence-corrected chi connectivity index (χ1v) is 9.20. The van der Waals surface area contributed by atoms with Crippen molar-refractivity contribution in [3.05, 3.63) is 57.7 Å². The molecule has 1 amide bonds. The van der Waals surface area contributed by atoms with E-state index in [-0.39, 0.29) is 36.0 Å². The number of tetrazole rings is 1. The molecule has 0 aliphatic carbocycles. The van der Waals surface area contributed by atoms with Gasteiger partial charge in [-0.15, -0.1) is 5.10 Å². The monoisotopic (exact) mass is 446 g/mol. The van der Waals surface area contributed by atoms with Crippen molar-refractivity contribution in [2.24, 2.45) is 0 Å². The summed E-state index contributed by atoms with van der Waals surface area (Å²) in [6.45, 7) is 2.01. The first-order chi connectivity index (χ1) is 15.3. The third kappa shape index (κ3) is 4.78. The molecule has 1 heterocycles. The van der Waals surface area contributed by atoms with Gasteiger partial charge in [0.25, 0.3) is 11.6 Å². The normalized spacial score (nSPS) is 10.6. The molecule has 0 unspecified atom stereocenters. The van der Waals surface area contributed by atoms with Crippen LogP contribution in [0.2, 0.25) is 0 Å². The molecular formula is C19H19FN6O6. The highest BCUT2D eigenvalue weighted by Gasteiger charge is 2.25. The van der Waals surface area contributed by atoms with Crippen molar-refractivity contribution in [1.82, 2.24) is 20.2 Å². The average Bonchev–Trinajstić information content (AvgIpc) is 3.20. The summed E-state index contributed by atoms with van der Waals surface area (Å²) < 4.78 is 31.2. The van der Waals surface area contributed by atoms with E-state index in [1.165, 1.54) is 31.0 Å². The van der Waals surface area contributed by atoms with E-state index in [9.17, 15) is 19.3 Å². The number of ether oxygens (including phenoxy) is 3. The largest absolute Gasteiger partial charge is 0.493 e. The maximum Gasteiger partial charge on any atom is 0.286 e. The molecule has 0 aliphatic rings. The fourth-order valence-corrected chi connectivity index (χ4v) is 2.79. The number of aromatic nitrogens is 4. The number of nitrogens with zero attached hydrogens (tertiary/aromatic N) is 5. The van der Waals surface area contributed by atoms with Crippen LogP contribution in [0.5, 0.6) is 11.5 Å². The molecule has 12 nitrogen and oxygen atoms in total. The summed E-state index contributed by atoms with van der Waals surface area (Å²) in [5.41, 5.74) is -0.702. The van der Waals surface area contributed by atoms with Gasteiger partial charge in [0.2, 0.25) is 0 Å². The van der Waals surface area contributed by atoms with Gasteiger partial charge in [0.05, 0.1) is 36.1 Å². The Morgan fingerprint density at radius 3 is 2.62 bits per heavy atom. The number of nitrogens with one attached hydrogen (secondary N) is 1. The molecule has 0 spiro atoms.